The molecule has 220 valence electrons. The molecular formula is C40H32BN5. The van der Waals surface area contributed by atoms with Crippen molar-refractivity contribution in [2.45, 2.75) is 26.2 Å². The predicted octanol–water partition coefficient (Wildman–Crippen LogP) is 7.80. The molecule has 3 heterocycles. The molecule has 0 bridgehead atoms. The van der Waals surface area contributed by atoms with Gasteiger partial charge in [0, 0.05) is 34.1 Å². The Labute approximate surface area is 269 Å². The number of hydrogen-bond acceptors (Lipinski definition) is 4. The van der Waals surface area contributed by atoms with Gasteiger partial charge in [0.05, 0.1) is 11.2 Å². The first-order valence-corrected chi connectivity index (χ1v) is 15.9. The molecule has 2 aliphatic heterocycles. The van der Waals surface area contributed by atoms with Gasteiger partial charge in [-0.05, 0) is 100 Å². The second-order valence-electron chi connectivity index (χ2n) is 13.2. The average molecular weight is 594 g/mol. The molecule has 6 heteroatoms. The molecular weight excluding hydrogens is 561 g/mol. The second-order valence-corrected chi connectivity index (χ2v) is 13.2. The number of rotatable bonds is 3. The van der Waals surface area contributed by atoms with Gasteiger partial charge in [-0.25, -0.2) is 4.68 Å². The lowest BCUT2D eigenvalue weighted by atomic mass is 9.33. The standard InChI is InChI=1S/C40H32BN5/c1-40(2,3)27-20-25-35-32(26-27)41-31-14-7-9-16-34(31)44(28-12-5-4-6-13-28)37-18-11-19-38(39(37)41)45(35)29-21-23-30(24-22-29)46-36-17-10-8-15-33(36)42-43-46/h4-26H,1-3H3. The zero-order chi connectivity index (χ0) is 31.0. The quantitative estimate of drug-likeness (QED) is 0.196. The van der Waals surface area contributed by atoms with E-state index in [1.165, 1.54) is 44.7 Å². The van der Waals surface area contributed by atoms with Crippen molar-refractivity contribution in [3.8, 4) is 5.69 Å². The first-order valence-electron chi connectivity index (χ1n) is 15.9. The van der Waals surface area contributed by atoms with Crippen molar-refractivity contribution in [1.29, 1.82) is 0 Å². The Balaban J connectivity index is 1.28. The highest BCUT2D eigenvalue weighted by Gasteiger charge is 2.43. The highest BCUT2D eigenvalue weighted by molar-refractivity contribution is 7.00. The lowest BCUT2D eigenvalue weighted by molar-refractivity contribution is 0.591. The fraction of sp³-hybridized carbons (Fsp3) is 0.100. The zero-order valence-corrected chi connectivity index (χ0v) is 26.1. The highest BCUT2D eigenvalue weighted by Crippen LogP contribution is 2.44. The average Bonchev–Trinajstić information content (AvgIpc) is 3.52. The molecule has 6 aromatic carbocycles. The van der Waals surface area contributed by atoms with Gasteiger partial charge in [0.15, 0.2) is 0 Å². The fourth-order valence-electron chi connectivity index (χ4n) is 7.29. The number of para-hydroxylation sites is 3. The van der Waals surface area contributed by atoms with Gasteiger partial charge in [0.1, 0.15) is 5.52 Å². The Kier molecular flexibility index (Phi) is 5.79. The number of anilines is 6. The fourth-order valence-corrected chi connectivity index (χ4v) is 7.29. The molecule has 46 heavy (non-hydrogen) atoms. The maximum atomic E-state index is 4.46. The number of aromatic nitrogens is 3. The monoisotopic (exact) mass is 593 g/mol. The minimum atomic E-state index is 0.0200. The molecule has 0 N–H and O–H groups in total. The van der Waals surface area contributed by atoms with Crippen molar-refractivity contribution in [1.82, 2.24) is 15.0 Å². The summed E-state index contributed by atoms with van der Waals surface area (Å²) in [5, 5.41) is 8.84. The molecule has 0 spiro atoms. The molecule has 1 aromatic heterocycles. The smallest absolute Gasteiger partial charge is 0.252 e. The van der Waals surface area contributed by atoms with Crippen LogP contribution in [-0.2, 0) is 5.41 Å². The molecule has 9 rings (SSSR count). The van der Waals surface area contributed by atoms with Crippen LogP contribution in [0.25, 0.3) is 16.7 Å². The van der Waals surface area contributed by atoms with Crippen LogP contribution in [-0.4, -0.2) is 21.7 Å². The van der Waals surface area contributed by atoms with Crippen LogP contribution in [0, 0.1) is 0 Å². The van der Waals surface area contributed by atoms with Crippen molar-refractivity contribution < 1.29 is 0 Å². The van der Waals surface area contributed by atoms with Crippen molar-refractivity contribution in [2.75, 3.05) is 9.80 Å². The molecule has 0 saturated carbocycles. The van der Waals surface area contributed by atoms with E-state index < -0.39 is 0 Å². The van der Waals surface area contributed by atoms with Crippen LogP contribution in [0.15, 0.2) is 140 Å². The highest BCUT2D eigenvalue weighted by atomic mass is 15.4. The number of benzene rings is 6. The zero-order valence-electron chi connectivity index (χ0n) is 26.1. The van der Waals surface area contributed by atoms with Gasteiger partial charge in [-0.1, -0.05) is 92.7 Å². The van der Waals surface area contributed by atoms with Crippen molar-refractivity contribution in [3.63, 3.8) is 0 Å². The Bertz CT molecular complexity index is 2270. The minimum Gasteiger partial charge on any atom is -0.311 e. The molecule has 5 nitrogen and oxygen atoms in total. The van der Waals surface area contributed by atoms with Crippen LogP contribution in [0.1, 0.15) is 26.3 Å². The Morgan fingerprint density at radius 2 is 1.13 bits per heavy atom. The number of fused-ring (bicyclic) bond motifs is 5. The van der Waals surface area contributed by atoms with Gasteiger partial charge in [-0.3, -0.25) is 0 Å². The summed E-state index contributed by atoms with van der Waals surface area (Å²) in [6, 6.07) is 50.3. The Morgan fingerprint density at radius 1 is 0.522 bits per heavy atom. The SMILES string of the molecule is CC(C)(C)c1ccc2c(c1)B1c3ccccc3N(c3ccccc3)c3cccc(c31)N2c1ccc(-n2nnc3ccccc32)cc1. The van der Waals surface area contributed by atoms with E-state index >= 15 is 0 Å². The van der Waals surface area contributed by atoms with Crippen LogP contribution in [0.5, 0.6) is 0 Å². The van der Waals surface area contributed by atoms with Gasteiger partial charge < -0.3 is 9.80 Å². The first kappa shape index (κ1) is 26.8. The molecule has 7 aromatic rings. The summed E-state index contributed by atoms with van der Waals surface area (Å²) < 4.78 is 1.91. The van der Waals surface area contributed by atoms with E-state index in [-0.39, 0.29) is 12.1 Å². The van der Waals surface area contributed by atoms with E-state index in [1.54, 1.807) is 0 Å². The topological polar surface area (TPSA) is 37.2 Å². The van der Waals surface area contributed by atoms with E-state index in [2.05, 4.69) is 162 Å². The van der Waals surface area contributed by atoms with Crippen LogP contribution in [0.4, 0.5) is 34.1 Å². The van der Waals surface area contributed by atoms with Crippen molar-refractivity contribution in [2.24, 2.45) is 0 Å². The Morgan fingerprint density at radius 3 is 1.89 bits per heavy atom. The van der Waals surface area contributed by atoms with Crippen molar-refractivity contribution >= 4 is 68.3 Å². The summed E-state index contributed by atoms with van der Waals surface area (Å²) in [4.78, 5) is 4.87. The molecule has 0 aliphatic carbocycles. The third-order valence-electron chi connectivity index (χ3n) is 9.48. The van der Waals surface area contributed by atoms with Crippen LogP contribution < -0.4 is 26.2 Å². The van der Waals surface area contributed by atoms with Gasteiger partial charge in [-0.15, -0.1) is 5.10 Å². The molecule has 0 unspecified atom stereocenters. The van der Waals surface area contributed by atoms with Gasteiger partial charge in [0.2, 0.25) is 0 Å². The molecule has 2 aliphatic rings. The van der Waals surface area contributed by atoms with E-state index in [1.807, 2.05) is 22.9 Å². The third kappa shape index (κ3) is 3.96. The molecule has 0 fully saturated rings. The minimum absolute atomic E-state index is 0.0200. The van der Waals surface area contributed by atoms with Crippen LogP contribution in [0.3, 0.4) is 0 Å². The summed E-state index contributed by atoms with van der Waals surface area (Å²) in [6.45, 7) is 7.00. The van der Waals surface area contributed by atoms with Gasteiger partial charge >= 0.3 is 0 Å². The summed E-state index contributed by atoms with van der Waals surface area (Å²) in [5.41, 5.74) is 15.3. The molecule has 0 atom stereocenters. The lowest BCUT2D eigenvalue weighted by Gasteiger charge is -2.44. The summed E-state index contributed by atoms with van der Waals surface area (Å²) in [7, 11) is 0. The van der Waals surface area contributed by atoms with Gasteiger partial charge in [-0.2, -0.15) is 0 Å². The van der Waals surface area contributed by atoms with E-state index in [0.29, 0.717) is 0 Å². The van der Waals surface area contributed by atoms with Gasteiger partial charge in [0.25, 0.3) is 6.71 Å². The normalized spacial score (nSPS) is 13.4. The lowest BCUT2D eigenvalue weighted by Crippen LogP contribution is -2.61. The summed E-state index contributed by atoms with van der Waals surface area (Å²) >= 11 is 0. The first-order chi connectivity index (χ1) is 22.5. The van der Waals surface area contributed by atoms with E-state index in [4.69, 9.17) is 0 Å². The Hall–Kier alpha value is -5.62. The largest absolute Gasteiger partial charge is 0.311 e. The maximum Gasteiger partial charge on any atom is 0.252 e. The summed E-state index contributed by atoms with van der Waals surface area (Å²) in [6.07, 6.45) is 0. The summed E-state index contributed by atoms with van der Waals surface area (Å²) in [5.74, 6) is 0. The van der Waals surface area contributed by atoms with E-state index in [0.717, 1.165) is 28.1 Å². The number of hydrogen-bond donors (Lipinski definition) is 0. The second kappa shape index (κ2) is 9.95. The molecule has 0 amide bonds. The van der Waals surface area contributed by atoms with Crippen LogP contribution in [0.2, 0.25) is 0 Å². The molecule has 0 saturated heterocycles. The van der Waals surface area contributed by atoms with Crippen molar-refractivity contribution in [3.05, 3.63) is 145 Å². The predicted molar refractivity (Wildman–Crippen MR) is 192 cm³/mol. The third-order valence-corrected chi connectivity index (χ3v) is 9.48. The molecule has 0 radical (unpaired) electrons. The van der Waals surface area contributed by atoms with Crippen LogP contribution >= 0.6 is 0 Å². The maximum absolute atomic E-state index is 4.46. The number of nitrogens with zero attached hydrogens (tertiary/aromatic N) is 5. The van der Waals surface area contributed by atoms with E-state index in [9.17, 15) is 0 Å².